The number of nitrogens with one attached hydrogen (secondary N) is 5. The van der Waals surface area contributed by atoms with Gasteiger partial charge in [0.25, 0.3) is 5.91 Å². The lowest BCUT2D eigenvalue weighted by atomic mass is 9.71. The van der Waals surface area contributed by atoms with Crippen molar-refractivity contribution >= 4 is 46.1 Å². The molecule has 2 aromatic carbocycles. The molecule has 0 bridgehead atoms. The zero-order valence-corrected chi connectivity index (χ0v) is 37.4. The lowest BCUT2D eigenvalue weighted by Gasteiger charge is -2.44. The largest absolute Gasteiger partial charge is 0.351 e. The topological polar surface area (TPSA) is 233 Å². The van der Waals surface area contributed by atoms with Crippen molar-refractivity contribution in [1.29, 1.82) is 0 Å². The lowest BCUT2D eigenvalue weighted by Crippen LogP contribution is -2.60. The van der Waals surface area contributed by atoms with Gasteiger partial charge in [0, 0.05) is 66.4 Å². The number of benzene rings is 2. The van der Waals surface area contributed by atoms with Gasteiger partial charge >= 0.3 is 5.69 Å². The summed E-state index contributed by atoms with van der Waals surface area (Å²) in [5, 5.41) is 16.6. The van der Waals surface area contributed by atoms with E-state index >= 15 is 0 Å². The highest BCUT2D eigenvalue weighted by molar-refractivity contribution is 6.00. The maximum absolute atomic E-state index is 14.6. The summed E-state index contributed by atoms with van der Waals surface area (Å²) in [5.41, 5.74) is 5.52. The average molecular weight is 915 g/mol. The molecule has 7 heterocycles. The molecular formula is C50H50N12O6. The zero-order chi connectivity index (χ0) is 46.9. The Morgan fingerprint density at radius 2 is 1.54 bits per heavy atom. The van der Waals surface area contributed by atoms with Gasteiger partial charge in [-0.25, -0.2) is 24.3 Å². The highest BCUT2D eigenvalue weighted by Crippen LogP contribution is 2.43. The van der Waals surface area contributed by atoms with Crippen LogP contribution in [0.5, 0.6) is 0 Å². The van der Waals surface area contributed by atoms with E-state index in [9.17, 15) is 28.8 Å². The Hall–Kier alpha value is -8.02. The minimum absolute atomic E-state index is 0.0691. The molecule has 0 radical (unpaired) electrons. The summed E-state index contributed by atoms with van der Waals surface area (Å²) in [6, 6.07) is 21.3. The van der Waals surface area contributed by atoms with E-state index in [4.69, 9.17) is 4.98 Å². The van der Waals surface area contributed by atoms with Crippen molar-refractivity contribution in [1.82, 2.24) is 60.3 Å². The summed E-state index contributed by atoms with van der Waals surface area (Å²) in [6.07, 6.45) is 12.2. The van der Waals surface area contributed by atoms with Gasteiger partial charge < -0.3 is 30.7 Å². The molecule has 1 aliphatic carbocycles. The molecular weight excluding hydrogens is 865 g/mol. The minimum atomic E-state index is -1.07. The van der Waals surface area contributed by atoms with Crippen molar-refractivity contribution in [3.63, 3.8) is 0 Å². The second-order valence-electron chi connectivity index (χ2n) is 17.9. The molecule has 68 heavy (non-hydrogen) atoms. The highest BCUT2D eigenvalue weighted by atomic mass is 16.2. The Kier molecular flexibility index (Phi) is 11.8. The summed E-state index contributed by atoms with van der Waals surface area (Å²) < 4.78 is 1.46. The first-order valence-corrected chi connectivity index (χ1v) is 23.1. The third-order valence-electron chi connectivity index (χ3n) is 13.7. The molecule has 2 saturated heterocycles. The van der Waals surface area contributed by atoms with Crippen LogP contribution in [0.3, 0.4) is 0 Å². The molecule has 5 amide bonds. The normalized spacial score (nSPS) is 18.5. The fourth-order valence-electron chi connectivity index (χ4n) is 9.93. The monoisotopic (exact) mass is 914 g/mol. The van der Waals surface area contributed by atoms with Crippen molar-refractivity contribution in [3.05, 3.63) is 137 Å². The predicted octanol–water partition coefficient (Wildman–Crippen LogP) is 4.05. The van der Waals surface area contributed by atoms with Crippen LogP contribution in [0, 0.1) is 0 Å². The van der Waals surface area contributed by atoms with E-state index in [1.165, 1.54) is 28.0 Å². The van der Waals surface area contributed by atoms with Gasteiger partial charge in [0.2, 0.25) is 23.6 Å². The van der Waals surface area contributed by atoms with Crippen LogP contribution in [0.2, 0.25) is 0 Å². The quantitative estimate of drug-likeness (QED) is 0.111. The molecule has 0 unspecified atom stereocenters. The molecule has 3 fully saturated rings. The standard InChI is InChI=1S/C50H50N12O6/c1-30(54-44(63)33-16-21-51-22-17-33)47(66)60-23-5-10-40(60)45(64)56-39(26-35-28-52-29-53-35)48(67)61-24-6-11-41(61)46(65)57-50(19-7-20-50)34-14-12-32(13-15-34)42-36(31-8-3-2-4-9-31)27-37-38(55-42)18-25-62-43(37)58-59-49(62)68/h2-4,8-9,12-18,21-22,25,27-30,39-41H,5-7,10-11,19-20,23-24,26H2,1H3,(H,52,53)(H,54,63)(H,56,64)(H,57,65)(H,59,68)/t30-,39+,40+,41+/m1/s1. The molecule has 1 saturated carbocycles. The molecule has 3 aliphatic rings. The third kappa shape index (κ3) is 8.37. The van der Waals surface area contributed by atoms with Crippen molar-refractivity contribution in [2.24, 2.45) is 0 Å². The molecule has 18 heteroatoms. The van der Waals surface area contributed by atoms with Crippen LogP contribution >= 0.6 is 0 Å². The number of H-pyrrole nitrogens is 2. The maximum atomic E-state index is 14.6. The zero-order valence-electron chi connectivity index (χ0n) is 37.4. The van der Waals surface area contributed by atoms with Gasteiger partial charge in [0.15, 0.2) is 5.65 Å². The van der Waals surface area contributed by atoms with Crippen LogP contribution in [-0.4, -0.2) is 111 Å². The minimum Gasteiger partial charge on any atom is -0.351 e. The van der Waals surface area contributed by atoms with Crippen molar-refractivity contribution in [2.45, 2.75) is 88.0 Å². The molecule has 4 atom stereocenters. The molecule has 5 N–H and O–H groups in total. The van der Waals surface area contributed by atoms with Gasteiger partial charge in [-0.3, -0.25) is 29.0 Å². The van der Waals surface area contributed by atoms with Crippen molar-refractivity contribution in [3.8, 4) is 22.4 Å². The fourth-order valence-corrected chi connectivity index (χ4v) is 9.93. The van der Waals surface area contributed by atoms with Gasteiger partial charge in [0.1, 0.15) is 24.2 Å². The van der Waals surface area contributed by atoms with Crippen LogP contribution in [0.4, 0.5) is 0 Å². The van der Waals surface area contributed by atoms with E-state index in [0.717, 1.165) is 52.6 Å². The van der Waals surface area contributed by atoms with Crippen LogP contribution in [0.1, 0.15) is 73.5 Å². The number of hydrogen-bond donors (Lipinski definition) is 5. The summed E-state index contributed by atoms with van der Waals surface area (Å²) in [5.74, 6) is -2.00. The number of rotatable bonds is 13. The van der Waals surface area contributed by atoms with Crippen LogP contribution in [0.15, 0.2) is 115 Å². The third-order valence-corrected chi connectivity index (χ3v) is 13.7. The number of fused-ring (bicyclic) bond motifs is 3. The van der Waals surface area contributed by atoms with Crippen LogP contribution < -0.4 is 21.6 Å². The van der Waals surface area contributed by atoms with Gasteiger partial charge in [-0.15, -0.1) is 0 Å². The first-order valence-electron chi connectivity index (χ1n) is 23.1. The van der Waals surface area contributed by atoms with Gasteiger partial charge in [0.05, 0.1) is 28.8 Å². The molecule has 5 aromatic heterocycles. The molecule has 0 spiro atoms. The first-order chi connectivity index (χ1) is 33.1. The number of imidazole rings is 1. The van der Waals surface area contributed by atoms with E-state index in [0.29, 0.717) is 61.2 Å². The van der Waals surface area contributed by atoms with E-state index in [-0.39, 0.29) is 18.0 Å². The number of hydrogen-bond acceptors (Lipinski definition) is 10. The van der Waals surface area contributed by atoms with Crippen LogP contribution in [-0.2, 0) is 31.1 Å². The summed E-state index contributed by atoms with van der Waals surface area (Å²) in [4.78, 5) is 101. The van der Waals surface area contributed by atoms with E-state index in [1.54, 1.807) is 42.4 Å². The fraction of sp³-hybridized carbons (Fsp3) is 0.320. The predicted molar refractivity (Wildman–Crippen MR) is 251 cm³/mol. The molecule has 10 rings (SSSR count). The summed E-state index contributed by atoms with van der Waals surface area (Å²) in [6.45, 7) is 2.23. The number of aromatic amines is 2. The van der Waals surface area contributed by atoms with Crippen molar-refractivity contribution in [2.75, 3.05) is 13.1 Å². The number of carbonyl (C=O) groups excluding carboxylic acids is 5. The highest BCUT2D eigenvalue weighted by Gasteiger charge is 2.45. The van der Waals surface area contributed by atoms with E-state index in [2.05, 4.69) is 41.1 Å². The average Bonchev–Trinajstić information content (AvgIpc) is 4.21. The number of carbonyl (C=O) groups is 5. The summed E-state index contributed by atoms with van der Waals surface area (Å²) in [7, 11) is 0. The molecule has 346 valence electrons. The maximum Gasteiger partial charge on any atom is 0.347 e. The van der Waals surface area contributed by atoms with Gasteiger partial charge in [-0.05, 0) is 87.3 Å². The molecule has 2 aliphatic heterocycles. The van der Waals surface area contributed by atoms with Gasteiger partial charge in [-0.2, -0.15) is 5.10 Å². The number of aromatic nitrogens is 7. The Bertz CT molecular complexity index is 3080. The Labute approximate surface area is 390 Å². The van der Waals surface area contributed by atoms with Crippen LogP contribution in [0.25, 0.3) is 38.9 Å². The number of amides is 5. The Morgan fingerprint density at radius 3 is 2.24 bits per heavy atom. The number of likely N-dealkylation sites (tertiary alicyclic amines) is 2. The number of pyridine rings is 3. The smallest absolute Gasteiger partial charge is 0.347 e. The van der Waals surface area contributed by atoms with E-state index < -0.39 is 53.3 Å². The van der Waals surface area contributed by atoms with Crippen molar-refractivity contribution < 1.29 is 24.0 Å². The SMILES string of the molecule is C[C@@H](NC(=O)c1ccncc1)C(=O)N1CCC[C@H]1C(=O)N[C@@H](Cc1c[nH]cn1)C(=O)N1CCC[C@H]1C(=O)NC1(c2ccc(-c3nc4ccn5c(=O)[nH]nc5c4cc3-c3ccccc3)cc2)CCC1. The second kappa shape index (κ2) is 18.3. The Balaban J connectivity index is 0.853. The lowest BCUT2D eigenvalue weighted by molar-refractivity contribution is -0.144. The molecule has 18 nitrogen and oxygen atoms in total. The van der Waals surface area contributed by atoms with Gasteiger partial charge in [-0.1, -0.05) is 54.6 Å². The Morgan fingerprint density at radius 1 is 0.824 bits per heavy atom. The van der Waals surface area contributed by atoms with E-state index in [1.807, 2.05) is 60.7 Å². The molecule has 7 aromatic rings. The summed E-state index contributed by atoms with van der Waals surface area (Å²) >= 11 is 0. The second-order valence-corrected chi connectivity index (χ2v) is 17.9. The number of nitrogens with zero attached hydrogens (tertiary/aromatic N) is 7. The first kappa shape index (κ1) is 43.9.